The maximum absolute atomic E-state index is 6.07. The molecule has 0 atom stereocenters. The van der Waals surface area contributed by atoms with Crippen molar-refractivity contribution >= 4 is 17.3 Å². The van der Waals surface area contributed by atoms with Crippen LogP contribution in [0.3, 0.4) is 0 Å². The van der Waals surface area contributed by atoms with Gasteiger partial charge < -0.3 is 10.1 Å². The second-order valence-corrected chi connectivity index (χ2v) is 5.59. The molecule has 0 radical (unpaired) electrons. The summed E-state index contributed by atoms with van der Waals surface area (Å²) in [4.78, 5) is 3.97. The zero-order valence-electron chi connectivity index (χ0n) is 10.6. The van der Waals surface area contributed by atoms with Crippen LogP contribution in [0.5, 0.6) is 0 Å². The predicted molar refractivity (Wildman–Crippen MR) is 73.8 cm³/mol. The fourth-order valence-electron chi connectivity index (χ4n) is 2.04. The molecule has 0 bridgehead atoms. The number of hydrogen-bond donors (Lipinski definition) is 1. The van der Waals surface area contributed by atoms with Gasteiger partial charge in [0.1, 0.15) is 12.7 Å². The topological polar surface area (TPSA) is 52.0 Å². The van der Waals surface area contributed by atoms with Crippen molar-refractivity contribution in [1.29, 1.82) is 0 Å². The van der Waals surface area contributed by atoms with Crippen molar-refractivity contribution in [3.05, 3.63) is 35.9 Å². The van der Waals surface area contributed by atoms with E-state index in [-0.39, 0.29) is 5.41 Å². The molecule has 1 aromatic heterocycles. The standard InChI is InChI=1S/C13H15ClN4O/c1-13(6-19-7-13)5-16-11-4-10(14)2-3-12(11)18-9-15-8-17-18/h2-4,8-9,16H,5-7H2,1H3. The van der Waals surface area contributed by atoms with Crippen LogP contribution in [0, 0.1) is 5.41 Å². The zero-order chi connectivity index (χ0) is 13.3. The average Bonchev–Trinajstić information content (AvgIpc) is 2.88. The van der Waals surface area contributed by atoms with Crippen LogP contribution in [0.15, 0.2) is 30.9 Å². The van der Waals surface area contributed by atoms with Gasteiger partial charge in [-0.25, -0.2) is 9.67 Å². The van der Waals surface area contributed by atoms with Gasteiger partial charge in [0.15, 0.2) is 0 Å². The van der Waals surface area contributed by atoms with Crippen LogP contribution in [0.25, 0.3) is 5.69 Å². The highest BCUT2D eigenvalue weighted by molar-refractivity contribution is 6.31. The van der Waals surface area contributed by atoms with Gasteiger partial charge in [-0.15, -0.1) is 0 Å². The first-order valence-corrected chi connectivity index (χ1v) is 6.50. The van der Waals surface area contributed by atoms with Crippen LogP contribution >= 0.6 is 11.6 Å². The molecule has 6 heteroatoms. The van der Waals surface area contributed by atoms with Crippen LogP contribution in [0.4, 0.5) is 5.69 Å². The third kappa shape index (κ3) is 2.57. The van der Waals surface area contributed by atoms with E-state index in [0.717, 1.165) is 31.1 Å². The third-order valence-electron chi connectivity index (χ3n) is 3.23. The van der Waals surface area contributed by atoms with Crippen LogP contribution < -0.4 is 5.32 Å². The Morgan fingerprint density at radius 2 is 2.32 bits per heavy atom. The minimum Gasteiger partial charge on any atom is -0.383 e. The van der Waals surface area contributed by atoms with Crippen LogP contribution in [-0.2, 0) is 4.74 Å². The molecule has 2 heterocycles. The number of rotatable bonds is 4. The number of nitrogens with one attached hydrogen (secondary N) is 1. The molecule has 0 amide bonds. The summed E-state index contributed by atoms with van der Waals surface area (Å²) >= 11 is 6.07. The van der Waals surface area contributed by atoms with Crippen molar-refractivity contribution in [3.8, 4) is 5.69 Å². The monoisotopic (exact) mass is 278 g/mol. The normalized spacial score (nSPS) is 16.9. The molecular weight excluding hydrogens is 264 g/mol. The number of anilines is 1. The van der Waals surface area contributed by atoms with Crippen LogP contribution in [0.2, 0.25) is 5.02 Å². The molecule has 100 valence electrons. The van der Waals surface area contributed by atoms with Gasteiger partial charge in [-0.2, -0.15) is 5.10 Å². The SMILES string of the molecule is CC1(CNc2cc(Cl)ccc2-n2cncn2)COC1. The van der Waals surface area contributed by atoms with E-state index in [1.807, 2.05) is 18.2 Å². The maximum Gasteiger partial charge on any atom is 0.138 e. The molecule has 1 aliphatic heterocycles. The maximum atomic E-state index is 6.07. The summed E-state index contributed by atoms with van der Waals surface area (Å²) in [7, 11) is 0. The minimum absolute atomic E-state index is 0.196. The van der Waals surface area contributed by atoms with Gasteiger partial charge in [0.05, 0.1) is 24.6 Å². The van der Waals surface area contributed by atoms with E-state index >= 15 is 0 Å². The molecule has 3 rings (SSSR count). The number of hydrogen-bond acceptors (Lipinski definition) is 4. The average molecular weight is 279 g/mol. The second-order valence-electron chi connectivity index (χ2n) is 5.16. The molecule has 1 N–H and O–H groups in total. The highest BCUT2D eigenvalue weighted by Crippen LogP contribution is 2.29. The highest BCUT2D eigenvalue weighted by atomic mass is 35.5. The summed E-state index contributed by atoms with van der Waals surface area (Å²) in [6.45, 7) is 4.62. The van der Waals surface area contributed by atoms with Gasteiger partial charge in [-0.05, 0) is 18.2 Å². The van der Waals surface area contributed by atoms with Crippen molar-refractivity contribution in [2.24, 2.45) is 5.41 Å². The summed E-state index contributed by atoms with van der Waals surface area (Å²) in [6, 6.07) is 5.68. The second kappa shape index (κ2) is 4.83. The van der Waals surface area contributed by atoms with Crippen molar-refractivity contribution in [2.45, 2.75) is 6.92 Å². The lowest BCUT2D eigenvalue weighted by atomic mass is 9.88. The molecule has 1 fully saturated rings. The number of benzene rings is 1. The molecule has 0 spiro atoms. The van der Waals surface area contributed by atoms with Crippen LogP contribution in [0.1, 0.15) is 6.92 Å². The molecule has 1 aliphatic rings. The fourth-order valence-corrected chi connectivity index (χ4v) is 2.22. The van der Waals surface area contributed by atoms with Crippen LogP contribution in [-0.4, -0.2) is 34.5 Å². The first kappa shape index (κ1) is 12.4. The van der Waals surface area contributed by atoms with Gasteiger partial charge in [-0.1, -0.05) is 18.5 Å². The zero-order valence-corrected chi connectivity index (χ0v) is 11.4. The summed E-state index contributed by atoms with van der Waals surface area (Å²) in [6.07, 6.45) is 3.18. The summed E-state index contributed by atoms with van der Waals surface area (Å²) in [5.41, 5.74) is 2.08. The number of ether oxygens (including phenoxy) is 1. The Hall–Kier alpha value is -1.59. The Bertz CT molecular complexity index is 566. The first-order valence-electron chi connectivity index (χ1n) is 6.12. The third-order valence-corrected chi connectivity index (χ3v) is 3.47. The van der Waals surface area contributed by atoms with E-state index in [1.165, 1.54) is 6.33 Å². The van der Waals surface area contributed by atoms with Gasteiger partial charge in [-0.3, -0.25) is 0 Å². The molecule has 0 saturated carbocycles. The van der Waals surface area contributed by atoms with Gasteiger partial charge >= 0.3 is 0 Å². The van der Waals surface area contributed by atoms with E-state index in [9.17, 15) is 0 Å². The number of aromatic nitrogens is 3. The summed E-state index contributed by atoms with van der Waals surface area (Å²) in [5, 5.41) is 8.28. The predicted octanol–water partition coefficient (Wildman–Crippen LogP) is 2.37. The van der Waals surface area contributed by atoms with Crippen molar-refractivity contribution in [2.75, 3.05) is 25.1 Å². The van der Waals surface area contributed by atoms with E-state index in [1.54, 1.807) is 11.0 Å². The van der Waals surface area contributed by atoms with Crippen molar-refractivity contribution < 1.29 is 4.74 Å². The summed E-state index contributed by atoms with van der Waals surface area (Å²) in [5.74, 6) is 0. The lowest BCUT2D eigenvalue weighted by Crippen LogP contribution is -2.45. The van der Waals surface area contributed by atoms with Gasteiger partial charge in [0.2, 0.25) is 0 Å². The van der Waals surface area contributed by atoms with Crippen molar-refractivity contribution in [1.82, 2.24) is 14.8 Å². The molecule has 0 unspecified atom stereocenters. The van der Waals surface area contributed by atoms with Crippen molar-refractivity contribution in [3.63, 3.8) is 0 Å². The fraction of sp³-hybridized carbons (Fsp3) is 0.385. The Labute approximate surface area is 116 Å². The lowest BCUT2D eigenvalue weighted by Gasteiger charge is -2.38. The largest absolute Gasteiger partial charge is 0.383 e. The molecule has 1 aromatic carbocycles. The lowest BCUT2D eigenvalue weighted by molar-refractivity contribution is -0.0924. The van der Waals surface area contributed by atoms with E-state index in [4.69, 9.17) is 16.3 Å². The highest BCUT2D eigenvalue weighted by Gasteiger charge is 2.33. The van der Waals surface area contributed by atoms with E-state index < -0.39 is 0 Å². The van der Waals surface area contributed by atoms with E-state index in [2.05, 4.69) is 22.3 Å². The smallest absolute Gasteiger partial charge is 0.138 e. The molecule has 5 nitrogen and oxygen atoms in total. The first-order chi connectivity index (χ1) is 9.16. The summed E-state index contributed by atoms with van der Waals surface area (Å²) < 4.78 is 6.98. The Balaban J connectivity index is 1.84. The molecule has 2 aromatic rings. The molecule has 0 aliphatic carbocycles. The Morgan fingerprint density at radius 1 is 1.47 bits per heavy atom. The number of nitrogens with zero attached hydrogens (tertiary/aromatic N) is 3. The molecular formula is C13H15ClN4O. The molecule has 1 saturated heterocycles. The Kier molecular flexibility index (Phi) is 3.16. The van der Waals surface area contributed by atoms with E-state index in [0.29, 0.717) is 5.02 Å². The number of halogens is 1. The molecule has 19 heavy (non-hydrogen) atoms. The minimum atomic E-state index is 0.196. The Morgan fingerprint density at radius 3 is 2.95 bits per heavy atom. The van der Waals surface area contributed by atoms with Gasteiger partial charge in [0.25, 0.3) is 0 Å². The van der Waals surface area contributed by atoms with Gasteiger partial charge in [0, 0.05) is 17.0 Å². The quantitative estimate of drug-likeness (QED) is 0.933.